The number of halogens is 1. The Morgan fingerprint density at radius 3 is 2.70 bits per heavy atom. The van der Waals surface area contributed by atoms with Crippen LogP contribution in [0.1, 0.15) is 12.8 Å². The Balaban J connectivity index is 2.15. The molecule has 1 aliphatic rings. The van der Waals surface area contributed by atoms with Gasteiger partial charge in [-0.05, 0) is 19.4 Å². The van der Waals surface area contributed by atoms with E-state index in [9.17, 15) is 9.18 Å². The van der Waals surface area contributed by atoms with E-state index in [4.69, 9.17) is 9.47 Å². The third-order valence-electron chi connectivity index (χ3n) is 3.40. The number of piperidine rings is 1. The molecule has 0 radical (unpaired) electrons. The van der Waals surface area contributed by atoms with E-state index in [0.717, 1.165) is 19.4 Å². The van der Waals surface area contributed by atoms with Gasteiger partial charge in [0.2, 0.25) is 5.91 Å². The average molecular weight is 282 g/mol. The summed E-state index contributed by atoms with van der Waals surface area (Å²) in [4.78, 5) is 12.1. The quantitative estimate of drug-likeness (QED) is 0.884. The van der Waals surface area contributed by atoms with E-state index in [1.165, 1.54) is 26.4 Å². The van der Waals surface area contributed by atoms with Gasteiger partial charge in [-0.2, -0.15) is 0 Å². The second-order valence-corrected chi connectivity index (χ2v) is 4.72. The molecule has 0 bridgehead atoms. The van der Waals surface area contributed by atoms with Crippen LogP contribution >= 0.6 is 0 Å². The number of hydrogen-bond acceptors (Lipinski definition) is 4. The van der Waals surface area contributed by atoms with Gasteiger partial charge in [-0.25, -0.2) is 4.39 Å². The molecule has 110 valence electrons. The summed E-state index contributed by atoms with van der Waals surface area (Å²) >= 11 is 0. The van der Waals surface area contributed by atoms with Crippen molar-refractivity contribution in [3.8, 4) is 11.5 Å². The molecule has 1 fully saturated rings. The lowest BCUT2D eigenvalue weighted by atomic mass is 9.99. The van der Waals surface area contributed by atoms with Crippen molar-refractivity contribution in [3.63, 3.8) is 0 Å². The van der Waals surface area contributed by atoms with Gasteiger partial charge in [0.1, 0.15) is 5.75 Å². The van der Waals surface area contributed by atoms with Crippen molar-refractivity contribution in [1.82, 2.24) is 5.32 Å². The number of nitrogens with one attached hydrogen (secondary N) is 2. The summed E-state index contributed by atoms with van der Waals surface area (Å²) in [5, 5.41) is 5.90. The number of amides is 1. The average Bonchev–Trinajstić information content (AvgIpc) is 2.48. The molecule has 0 spiro atoms. The van der Waals surface area contributed by atoms with Crippen molar-refractivity contribution < 1.29 is 18.7 Å². The Kier molecular flexibility index (Phi) is 4.79. The predicted octanol–water partition coefficient (Wildman–Crippen LogP) is 1.78. The standard InChI is InChI=1S/C14H19FN2O3/c1-19-12-7-13(20-2)11(6-10(12)15)17-14(18)9-4-3-5-16-8-9/h6-7,9,16H,3-5,8H2,1-2H3,(H,17,18). The molecule has 1 atom stereocenters. The molecule has 1 unspecified atom stereocenters. The summed E-state index contributed by atoms with van der Waals surface area (Å²) in [5.74, 6) is -0.302. The molecular weight excluding hydrogens is 263 g/mol. The second kappa shape index (κ2) is 6.56. The summed E-state index contributed by atoms with van der Waals surface area (Å²) in [6, 6.07) is 2.63. The summed E-state index contributed by atoms with van der Waals surface area (Å²) < 4.78 is 23.8. The van der Waals surface area contributed by atoms with E-state index in [-0.39, 0.29) is 17.6 Å². The monoisotopic (exact) mass is 282 g/mol. The van der Waals surface area contributed by atoms with E-state index in [2.05, 4.69) is 10.6 Å². The van der Waals surface area contributed by atoms with Crippen LogP contribution in [0.15, 0.2) is 12.1 Å². The lowest BCUT2D eigenvalue weighted by Crippen LogP contribution is -2.37. The molecule has 6 heteroatoms. The SMILES string of the molecule is COc1cc(OC)c(NC(=O)C2CCCNC2)cc1F. The van der Waals surface area contributed by atoms with Crippen molar-refractivity contribution >= 4 is 11.6 Å². The highest BCUT2D eigenvalue weighted by Crippen LogP contribution is 2.32. The first-order valence-corrected chi connectivity index (χ1v) is 6.58. The number of methoxy groups -OCH3 is 2. The van der Waals surface area contributed by atoms with E-state index in [1.807, 2.05) is 0 Å². The second-order valence-electron chi connectivity index (χ2n) is 4.72. The third-order valence-corrected chi connectivity index (χ3v) is 3.40. The normalized spacial score (nSPS) is 18.4. The smallest absolute Gasteiger partial charge is 0.228 e. The molecule has 1 aromatic rings. The topological polar surface area (TPSA) is 59.6 Å². The maximum atomic E-state index is 13.7. The number of hydrogen-bond donors (Lipinski definition) is 2. The number of ether oxygens (including phenoxy) is 2. The number of carbonyl (C=O) groups excluding carboxylic acids is 1. The molecule has 5 nitrogen and oxygen atoms in total. The van der Waals surface area contributed by atoms with Crippen molar-refractivity contribution in [2.45, 2.75) is 12.8 Å². The highest BCUT2D eigenvalue weighted by Gasteiger charge is 2.22. The van der Waals surface area contributed by atoms with Crippen molar-refractivity contribution in [3.05, 3.63) is 17.9 Å². The Morgan fingerprint density at radius 2 is 2.10 bits per heavy atom. The van der Waals surface area contributed by atoms with Gasteiger partial charge in [0, 0.05) is 18.7 Å². The molecule has 0 aromatic heterocycles. The van der Waals surface area contributed by atoms with Crippen LogP contribution in [-0.4, -0.2) is 33.2 Å². The van der Waals surface area contributed by atoms with Crippen LogP contribution < -0.4 is 20.1 Å². The fourth-order valence-electron chi connectivity index (χ4n) is 2.27. The molecule has 1 aromatic carbocycles. The van der Waals surface area contributed by atoms with Crippen LogP contribution in [0.25, 0.3) is 0 Å². The summed E-state index contributed by atoms with van der Waals surface area (Å²) in [7, 11) is 2.84. The lowest BCUT2D eigenvalue weighted by molar-refractivity contribution is -0.120. The summed E-state index contributed by atoms with van der Waals surface area (Å²) in [6.07, 6.45) is 1.80. The summed E-state index contributed by atoms with van der Waals surface area (Å²) in [5.41, 5.74) is 0.321. The minimum Gasteiger partial charge on any atom is -0.494 e. The summed E-state index contributed by atoms with van der Waals surface area (Å²) in [6.45, 7) is 1.58. The number of rotatable bonds is 4. The van der Waals surface area contributed by atoms with Gasteiger partial charge in [-0.15, -0.1) is 0 Å². The highest BCUT2D eigenvalue weighted by atomic mass is 19.1. The van der Waals surface area contributed by atoms with Crippen molar-refractivity contribution in [2.75, 3.05) is 32.6 Å². The van der Waals surface area contributed by atoms with Crippen LogP contribution in [0, 0.1) is 11.7 Å². The van der Waals surface area contributed by atoms with Gasteiger partial charge in [0.25, 0.3) is 0 Å². The van der Waals surface area contributed by atoms with Crippen LogP contribution in [0.4, 0.5) is 10.1 Å². The van der Waals surface area contributed by atoms with Crippen LogP contribution in [0.2, 0.25) is 0 Å². The Hall–Kier alpha value is -1.82. The third kappa shape index (κ3) is 3.19. The number of anilines is 1. The Morgan fingerprint density at radius 1 is 1.35 bits per heavy atom. The number of carbonyl (C=O) groups is 1. The van der Waals surface area contributed by atoms with Crippen LogP contribution in [0.3, 0.4) is 0 Å². The molecule has 1 amide bonds. The van der Waals surface area contributed by atoms with Gasteiger partial charge in [0.15, 0.2) is 11.6 Å². The molecule has 1 aliphatic heterocycles. The number of benzene rings is 1. The minimum absolute atomic E-state index is 0.0826. The van der Waals surface area contributed by atoms with E-state index in [1.54, 1.807) is 0 Å². The van der Waals surface area contributed by atoms with Crippen LogP contribution in [-0.2, 0) is 4.79 Å². The molecule has 0 saturated carbocycles. The molecule has 1 heterocycles. The minimum atomic E-state index is -0.537. The molecule has 0 aliphatic carbocycles. The van der Waals surface area contributed by atoms with Crippen LogP contribution in [0.5, 0.6) is 11.5 Å². The highest BCUT2D eigenvalue weighted by molar-refractivity contribution is 5.94. The molecular formula is C14H19FN2O3. The van der Waals surface area contributed by atoms with Gasteiger partial charge >= 0.3 is 0 Å². The van der Waals surface area contributed by atoms with Gasteiger partial charge in [0.05, 0.1) is 25.8 Å². The molecule has 20 heavy (non-hydrogen) atoms. The van der Waals surface area contributed by atoms with E-state index in [0.29, 0.717) is 18.0 Å². The Labute approximate surface area is 117 Å². The zero-order valence-corrected chi connectivity index (χ0v) is 11.7. The van der Waals surface area contributed by atoms with Gasteiger partial charge < -0.3 is 20.1 Å². The zero-order valence-electron chi connectivity index (χ0n) is 11.7. The molecule has 2 N–H and O–H groups in total. The molecule has 1 saturated heterocycles. The lowest BCUT2D eigenvalue weighted by Gasteiger charge is -2.22. The van der Waals surface area contributed by atoms with Crippen molar-refractivity contribution in [1.29, 1.82) is 0 Å². The van der Waals surface area contributed by atoms with Gasteiger partial charge in [-0.3, -0.25) is 4.79 Å². The molecule has 2 rings (SSSR count). The fraction of sp³-hybridized carbons (Fsp3) is 0.500. The first-order valence-electron chi connectivity index (χ1n) is 6.58. The van der Waals surface area contributed by atoms with Gasteiger partial charge in [-0.1, -0.05) is 0 Å². The predicted molar refractivity (Wildman–Crippen MR) is 73.7 cm³/mol. The largest absolute Gasteiger partial charge is 0.494 e. The first kappa shape index (κ1) is 14.6. The first-order chi connectivity index (χ1) is 9.65. The zero-order chi connectivity index (χ0) is 14.5. The van der Waals surface area contributed by atoms with Crippen molar-refractivity contribution in [2.24, 2.45) is 5.92 Å². The maximum absolute atomic E-state index is 13.7. The maximum Gasteiger partial charge on any atom is 0.228 e. The van der Waals surface area contributed by atoms with E-state index >= 15 is 0 Å². The fourth-order valence-corrected chi connectivity index (χ4v) is 2.27. The van der Waals surface area contributed by atoms with E-state index < -0.39 is 5.82 Å². The Bertz CT molecular complexity index is 488.